The second-order valence-electron chi connectivity index (χ2n) is 8.04. The molecule has 0 aliphatic carbocycles. The molecule has 0 spiro atoms. The zero-order valence-electron chi connectivity index (χ0n) is 19.2. The lowest BCUT2D eigenvalue weighted by molar-refractivity contribution is -0.159. The number of fused-ring (bicyclic) bond motifs is 1. The maximum atomic E-state index is 9.10. The first-order valence-electron chi connectivity index (χ1n) is 10.7. The summed E-state index contributed by atoms with van der Waals surface area (Å²) in [6.07, 6.45) is 1.89. The number of para-hydroxylation sites is 2. The first-order valence-corrected chi connectivity index (χ1v) is 10.7. The number of benzene rings is 3. The second kappa shape index (κ2) is 11.7. The Morgan fingerprint density at radius 3 is 1.91 bits per heavy atom. The van der Waals surface area contributed by atoms with Gasteiger partial charge in [0.25, 0.3) is 0 Å². The molecule has 0 saturated carbocycles. The van der Waals surface area contributed by atoms with Crippen molar-refractivity contribution in [1.29, 1.82) is 0 Å². The van der Waals surface area contributed by atoms with Gasteiger partial charge in [-0.2, -0.15) is 0 Å². The minimum Gasteiger partial charge on any atom is -0.473 e. The second-order valence-corrected chi connectivity index (χ2v) is 8.04. The molecule has 1 aromatic heterocycles. The molecule has 4 aromatic rings. The Kier molecular flexibility index (Phi) is 8.50. The zero-order chi connectivity index (χ0) is 24.5. The predicted octanol–water partition coefficient (Wildman–Crippen LogP) is 3.53. The summed E-state index contributed by atoms with van der Waals surface area (Å²) in [6, 6.07) is 25.7. The molecule has 0 amide bonds. The van der Waals surface area contributed by atoms with Crippen LogP contribution in [0.3, 0.4) is 0 Å². The molecule has 0 fully saturated rings. The van der Waals surface area contributed by atoms with E-state index >= 15 is 0 Å². The fraction of sp³-hybridized carbons (Fsp3) is 0.192. The third-order valence-electron chi connectivity index (χ3n) is 5.03. The third kappa shape index (κ3) is 6.99. The minimum atomic E-state index is -1.82. The van der Waals surface area contributed by atoms with Crippen molar-refractivity contribution in [3.63, 3.8) is 0 Å². The van der Waals surface area contributed by atoms with Gasteiger partial charge in [-0.3, -0.25) is 4.57 Å². The van der Waals surface area contributed by atoms with E-state index in [0.29, 0.717) is 0 Å². The van der Waals surface area contributed by atoms with Gasteiger partial charge in [0.15, 0.2) is 0 Å². The molecule has 8 heteroatoms. The molecule has 4 rings (SSSR count). The van der Waals surface area contributed by atoms with Crippen molar-refractivity contribution < 1.29 is 19.8 Å². The largest absolute Gasteiger partial charge is 0.473 e. The Balaban J connectivity index is 0.000000481. The number of nitrogens with one attached hydrogen (secondary N) is 1. The predicted molar refractivity (Wildman–Crippen MR) is 131 cm³/mol. The van der Waals surface area contributed by atoms with E-state index in [4.69, 9.17) is 19.8 Å². The number of imidazole rings is 1. The van der Waals surface area contributed by atoms with Gasteiger partial charge in [-0.05, 0) is 55.1 Å². The number of carboxylic acid groups (broad SMARTS) is 2. The smallest absolute Gasteiger partial charge is 0.414 e. The fourth-order valence-electron chi connectivity index (χ4n) is 3.42. The van der Waals surface area contributed by atoms with Crippen LogP contribution in [-0.4, -0.2) is 50.7 Å². The van der Waals surface area contributed by atoms with Crippen molar-refractivity contribution in [3.8, 4) is 5.69 Å². The molecule has 0 radical (unpaired) electrons. The van der Waals surface area contributed by atoms with Crippen LogP contribution < -0.4 is 5.32 Å². The number of carbonyl (C=O) groups is 2. The van der Waals surface area contributed by atoms with Crippen LogP contribution in [0.1, 0.15) is 16.7 Å². The molecular weight excluding hydrogens is 432 g/mol. The third-order valence-corrected chi connectivity index (χ3v) is 5.03. The Labute approximate surface area is 198 Å². The van der Waals surface area contributed by atoms with Gasteiger partial charge in [-0.1, -0.05) is 48.5 Å². The Morgan fingerprint density at radius 2 is 1.35 bits per heavy atom. The summed E-state index contributed by atoms with van der Waals surface area (Å²) in [5.74, 6) is -3.65. The van der Waals surface area contributed by atoms with E-state index in [-0.39, 0.29) is 0 Å². The number of aromatic nitrogens is 2. The molecule has 0 aliphatic rings. The SMILES string of the molecule is CN(C)Cc1ccc(CNCc2ccc(-n3cnc4ccccc43)cc2)cc1.O=C(O)C(=O)O. The lowest BCUT2D eigenvalue weighted by Gasteiger charge is -2.11. The van der Waals surface area contributed by atoms with Gasteiger partial charge in [0.1, 0.15) is 6.33 Å². The van der Waals surface area contributed by atoms with E-state index in [2.05, 4.69) is 88.5 Å². The first-order chi connectivity index (χ1) is 16.3. The molecule has 8 nitrogen and oxygen atoms in total. The van der Waals surface area contributed by atoms with Gasteiger partial charge < -0.3 is 20.4 Å². The van der Waals surface area contributed by atoms with Crippen LogP contribution in [0.2, 0.25) is 0 Å². The number of rotatable bonds is 7. The van der Waals surface area contributed by atoms with Crippen LogP contribution in [0.25, 0.3) is 16.7 Å². The highest BCUT2D eigenvalue weighted by atomic mass is 16.4. The van der Waals surface area contributed by atoms with Crippen molar-refractivity contribution in [2.75, 3.05) is 14.1 Å². The number of nitrogens with zero attached hydrogens (tertiary/aromatic N) is 3. The molecule has 0 atom stereocenters. The van der Waals surface area contributed by atoms with Crippen molar-refractivity contribution in [2.24, 2.45) is 0 Å². The molecule has 176 valence electrons. The van der Waals surface area contributed by atoms with Crippen LogP contribution in [-0.2, 0) is 29.2 Å². The van der Waals surface area contributed by atoms with E-state index in [1.807, 2.05) is 24.5 Å². The van der Waals surface area contributed by atoms with E-state index in [1.54, 1.807) is 0 Å². The van der Waals surface area contributed by atoms with E-state index in [1.165, 1.54) is 16.7 Å². The number of hydrogen-bond acceptors (Lipinski definition) is 5. The average molecular weight is 461 g/mol. The summed E-state index contributed by atoms with van der Waals surface area (Å²) in [6.45, 7) is 2.70. The Morgan fingerprint density at radius 1 is 0.824 bits per heavy atom. The highest BCUT2D eigenvalue weighted by Crippen LogP contribution is 2.18. The number of carboxylic acids is 2. The van der Waals surface area contributed by atoms with Gasteiger partial charge in [0.2, 0.25) is 0 Å². The minimum absolute atomic E-state index is 0.852. The van der Waals surface area contributed by atoms with Gasteiger partial charge in [-0.15, -0.1) is 0 Å². The Bertz CT molecular complexity index is 1220. The van der Waals surface area contributed by atoms with Crippen molar-refractivity contribution in [2.45, 2.75) is 19.6 Å². The summed E-state index contributed by atoms with van der Waals surface area (Å²) in [4.78, 5) is 24.9. The molecule has 0 saturated heterocycles. The molecule has 34 heavy (non-hydrogen) atoms. The van der Waals surface area contributed by atoms with Crippen LogP contribution in [0, 0.1) is 0 Å². The van der Waals surface area contributed by atoms with E-state index < -0.39 is 11.9 Å². The molecule has 1 heterocycles. The van der Waals surface area contributed by atoms with Gasteiger partial charge in [0, 0.05) is 25.3 Å². The molecule has 0 bridgehead atoms. The van der Waals surface area contributed by atoms with E-state index in [0.717, 1.165) is 36.4 Å². The Hall–Kier alpha value is -4.01. The number of aliphatic carboxylic acids is 2. The molecule has 3 aromatic carbocycles. The fourth-order valence-corrected chi connectivity index (χ4v) is 3.42. The number of hydrogen-bond donors (Lipinski definition) is 3. The first kappa shape index (κ1) is 24.6. The summed E-state index contributed by atoms with van der Waals surface area (Å²) >= 11 is 0. The summed E-state index contributed by atoms with van der Waals surface area (Å²) in [5.41, 5.74) is 7.21. The summed E-state index contributed by atoms with van der Waals surface area (Å²) < 4.78 is 2.13. The van der Waals surface area contributed by atoms with Gasteiger partial charge in [-0.25, -0.2) is 14.6 Å². The van der Waals surface area contributed by atoms with E-state index in [9.17, 15) is 0 Å². The van der Waals surface area contributed by atoms with Crippen LogP contribution in [0.5, 0.6) is 0 Å². The standard InChI is InChI=1S/C24H26N4.C2H2O4/c1-27(2)17-21-9-7-19(8-10-21)15-25-16-20-11-13-22(14-12-20)28-18-26-23-5-3-4-6-24(23)28;3-1(4)2(5)6/h3-14,18,25H,15-17H2,1-2H3;(H,3,4)(H,5,6). The maximum Gasteiger partial charge on any atom is 0.414 e. The maximum absolute atomic E-state index is 9.10. The van der Waals surface area contributed by atoms with Crippen LogP contribution in [0.4, 0.5) is 0 Å². The highest BCUT2D eigenvalue weighted by Gasteiger charge is 2.05. The highest BCUT2D eigenvalue weighted by molar-refractivity contribution is 6.27. The van der Waals surface area contributed by atoms with Gasteiger partial charge in [0.05, 0.1) is 11.0 Å². The summed E-state index contributed by atoms with van der Waals surface area (Å²) in [5, 5.41) is 18.3. The zero-order valence-corrected chi connectivity index (χ0v) is 19.2. The normalized spacial score (nSPS) is 10.7. The lowest BCUT2D eigenvalue weighted by Crippen LogP contribution is -2.13. The van der Waals surface area contributed by atoms with Gasteiger partial charge >= 0.3 is 11.9 Å². The van der Waals surface area contributed by atoms with Crippen LogP contribution in [0.15, 0.2) is 79.1 Å². The molecule has 0 aliphatic heterocycles. The summed E-state index contributed by atoms with van der Waals surface area (Å²) in [7, 11) is 4.19. The molecule has 3 N–H and O–H groups in total. The van der Waals surface area contributed by atoms with Crippen molar-refractivity contribution in [3.05, 3.63) is 95.8 Å². The lowest BCUT2D eigenvalue weighted by atomic mass is 10.1. The van der Waals surface area contributed by atoms with Crippen molar-refractivity contribution in [1.82, 2.24) is 19.8 Å². The monoisotopic (exact) mass is 460 g/mol. The topological polar surface area (TPSA) is 108 Å². The molecular formula is C26H28N4O4. The average Bonchev–Trinajstić information content (AvgIpc) is 3.25. The van der Waals surface area contributed by atoms with Crippen LogP contribution >= 0.6 is 0 Å². The van der Waals surface area contributed by atoms with Crippen molar-refractivity contribution >= 4 is 23.0 Å². The quantitative estimate of drug-likeness (QED) is 0.362. The molecule has 0 unspecified atom stereocenters.